The van der Waals surface area contributed by atoms with Gasteiger partial charge >= 0.3 is 0 Å². The topological polar surface area (TPSA) is 26.0 Å². The Morgan fingerprint density at radius 2 is 2.09 bits per heavy atom. The van der Waals surface area contributed by atoms with E-state index in [9.17, 15) is 0 Å². The van der Waals surface area contributed by atoms with Gasteiger partial charge in [-0.15, -0.1) is 0 Å². The number of nitrogens with two attached hydrogens (primary N) is 1. The molecule has 11 heavy (non-hydrogen) atoms. The van der Waals surface area contributed by atoms with E-state index in [2.05, 4.69) is 35.6 Å². The molecule has 0 heterocycles. The molecule has 0 saturated carbocycles. The summed E-state index contributed by atoms with van der Waals surface area (Å²) >= 11 is 2.30. The quantitative estimate of drug-likeness (QED) is 0.690. The first-order valence-electron chi connectivity index (χ1n) is 3.39. The molecule has 2 heteroatoms. The van der Waals surface area contributed by atoms with E-state index >= 15 is 0 Å². The lowest BCUT2D eigenvalue weighted by molar-refractivity contribution is 1.48. The summed E-state index contributed by atoms with van der Waals surface area (Å²) in [6.07, 6.45) is 1.64. The van der Waals surface area contributed by atoms with Crippen LogP contribution in [0.2, 0.25) is 0 Å². The highest BCUT2D eigenvalue weighted by Gasteiger charge is 1.85. The highest BCUT2D eigenvalue weighted by atomic mass is 127. The summed E-state index contributed by atoms with van der Waals surface area (Å²) in [5.74, 6) is 0. The Morgan fingerprint density at radius 1 is 1.45 bits per heavy atom. The van der Waals surface area contributed by atoms with E-state index < -0.39 is 0 Å². The van der Waals surface area contributed by atoms with E-state index in [-0.39, 0.29) is 0 Å². The van der Waals surface area contributed by atoms with Crippen LogP contribution in [0.3, 0.4) is 0 Å². The summed E-state index contributed by atoms with van der Waals surface area (Å²) in [4.78, 5) is 0. The zero-order valence-electron chi connectivity index (χ0n) is 6.34. The van der Waals surface area contributed by atoms with Gasteiger partial charge in [0.1, 0.15) is 0 Å². The van der Waals surface area contributed by atoms with Gasteiger partial charge in [-0.3, -0.25) is 0 Å². The smallest absolute Gasteiger partial charge is 0.00178 e. The minimum atomic E-state index is 1.10. The van der Waals surface area contributed by atoms with Crippen molar-refractivity contribution in [3.05, 3.63) is 34.7 Å². The van der Waals surface area contributed by atoms with Gasteiger partial charge in [0.05, 0.1) is 0 Å². The molecule has 1 aromatic rings. The molecule has 0 aromatic heterocycles. The van der Waals surface area contributed by atoms with E-state index in [0.717, 1.165) is 5.22 Å². The van der Waals surface area contributed by atoms with Crippen LogP contribution in [0.15, 0.2) is 24.3 Å². The molecule has 0 aliphatic rings. The van der Waals surface area contributed by atoms with Gasteiger partial charge in [0, 0.05) is 6.20 Å². The summed E-state index contributed by atoms with van der Waals surface area (Å²) in [6, 6.07) is 8.09. The van der Waals surface area contributed by atoms with Crippen molar-refractivity contribution in [3.8, 4) is 0 Å². The molecule has 1 nitrogen and oxygen atoms in total. The first-order chi connectivity index (χ1) is 5.25. The second kappa shape index (κ2) is 3.76. The monoisotopic (exact) mass is 259 g/mol. The molecule has 0 unspecified atom stereocenters. The van der Waals surface area contributed by atoms with E-state index in [0.29, 0.717) is 0 Å². The van der Waals surface area contributed by atoms with Gasteiger partial charge in [-0.2, -0.15) is 0 Å². The van der Waals surface area contributed by atoms with Crippen LogP contribution in [0.1, 0.15) is 6.92 Å². The fourth-order valence-electron chi connectivity index (χ4n) is 0.956. The summed E-state index contributed by atoms with van der Waals surface area (Å²) in [6.45, 7) is 2.07. The molecule has 0 saturated heterocycles. The molecule has 0 atom stereocenters. The Labute approximate surface area is 79.7 Å². The third-order valence-electron chi connectivity index (χ3n) is 1.51. The van der Waals surface area contributed by atoms with Gasteiger partial charge in [-0.05, 0) is 43.5 Å². The minimum absolute atomic E-state index is 1.10. The van der Waals surface area contributed by atoms with Crippen molar-refractivity contribution in [2.75, 3.05) is 0 Å². The second-order valence-electron chi connectivity index (χ2n) is 2.29. The lowest BCUT2D eigenvalue weighted by atomic mass is 10.2. The molecule has 58 valence electrons. The van der Waals surface area contributed by atoms with Crippen molar-refractivity contribution < 1.29 is 0 Å². The molecule has 0 radical (unpaired) electrons. The highest BCUT2D eigenvalue weighted by molar-refractivity contribution is 14.1. The number of benzene rings is 1. The predicted molar refractivity (Wildman–Crippen MR) is 57.4 cm³/mol. The molecule has 0 bridgehead atoms. The molecule has 2 N–H and O–H groups in total. The van der Waals surface area contributed by atoms with Crippen LogP contribution < -0.4 is 16.2 Å². The van der Waals surface area contributed by atoms with Crippen molar-refractivity contribution in [2.24, 2.45) is 5.73 Å². The summed E-state index contributed by atoms with van der Waals surface area (Å²) < 4.78 is 1.26. The molecule has 1 aromatic carbocycles. The average Bonchev–Trinajstić information content (AvgIpc) is 2.04. The summed E-state index contributed by atoms with van der Waals surface area (Å²) in [5.41, 5.74) is 5.45. The summed E-state index contributed by atoms with van der Waals surface area (Å²) in [7, 11) is 0. The maximum atomic E-state index is 5.45. The van der Waals surface area contributed by atoms with Crippen molar-refractivity contribution in [1.29, 1.82) is 0 Å². The predicted octanol–water partition coefficient (Wildman–Crippen LogP) is 0.946. The van der Waals surface area contributed by atoms with E-state index in [1.165, 1.54) is 8.80 Å². The number of halogens is 1. The zero-order chi connectivity index (χ0) is 8.27. The third kappa shape index (κ3) is 1.96. The Hall–Kier alpha value is -0.510. The molecule has 1 rings (SSSR count). The van der Waals surface area contributed by atoms with Gasteiger partial charge in [-0.1, -0.05) is 24.3 Å². The summed E-state index contributed by atoms with van der Waals surface area (Å²) in [5, 5.41) is 2.31. The number of rotatable bonds is 0. The van der Waals surface area contributed by atoms with Crippen LogP contribution in [0, 0.1) is 0 Å². The molecule has 0 spiro atoms. The molecule has 0 fully saturated rings. The fraction of sp³-hybridized carbons (Fsp3) is 0.111. The van der Waals surface area contributed by atoms with Crippen molar-refractivity contribution in [3.63, 3.8) is 0 Å². The van der Waals surface area contributed by atoms with Crippen LogP contribution in [0.4, 0.5) is 0 Å². The van der Waals surface area contributed by atoms with Gasteiger partial charge < -0.3 is 5.73 Å². The lowest BCUT2D eigenvalue weighted by Crippen LogP contribution is -2.25. The molecule has 0 aliphatic carbocycles. The van der Waals surface area contributed by atoms with Crippen LogP contribution in [0.25, 0.3) is 9.78 Å². The number of hydrogen-bond acceptors (Lipinski definition) is 1. The van der Waals surface area contributed by atoms with E-state index in [4.69, 9.17) is 5.73 Å². The minimum Gasteiger partial charge on any atom is -0.404 e. The van der Waals surface area contributed by atoms with Crippen LogP contribution >= 0.6 is 22.6 Å². The Bertz CT molecular complexity index is 350. The first-order valence-corrected chi connectivity index (χ1v) is 4.47. The Kier molecular flexibility index (Phi) is 2.93. The molecular weight excluding hydrogens is 249 g/mol. The lowest BCUT2D eigenvalue weighted by Gasteiger charge is -1.90. The zero-order valence-corrected chi connectivity index (χ0v) is 8.50. The van der Waals surface area contributed by atoms with Crippen LogP contribution in [-0.4, -0.2) is 0 Å². The Morgan fingerprint density at radius 3 is 2.55 bits per heavy atom. The Balaban J connectivity index is 3.64. The second-order valence-corrected chi connectivity index (χ2v) is 3.91. The van der Waals surface area contributed by atoms with Crippen molar-refractivity contribution in [1.82, 2.24) is 0 Å². The first kappa shape index (κ1) is 8.59. The van der Waals surface area contributed by atoms with Crippen LogP contribution in [0.5, 0.6) is 0 Å². The van der Waals surface area contributed by atoms with Gasteiger partial charge in [0.25, 0.3) is 0 Å². The maximum Gasteiger partial charge on any atom is 0.00178 e. The van der Waals surface area contributed by atoms with Crippen LogP contribution in [-0.2, 0) is 0 Å². The van der Waals surface area contributed by atoms with E-state index in [1.54, 1.807) is 6.20 Å². The average molecular weight is 259 g/mol. The maximum absolute atomic E-state index is 5.45. The normalized spacial score (nSPS) is 14.9. The SMILES string of the molecule is C/C(I)=c1\cccc\c1=C\N. The molecule has 0 aliphatic heterocycles. The fourth-order valence-corrected chi connectivity index (χ4v) is 1.45. The highest BCUT2D eigenvalue weighted by Crippen LogP contribution is 1.99. The third-order valence-corrected chi connectivity index (χ3v) is 2.09. The van der Waals surface area contributed by atoms with Gasteiger partial charge in [-0.25, -0.2) is 0 Å². The van der Waals surface area contributed by atoms with Gasteiger partial charge in [0.15, 0.2) is 0 Å². The van der Waals surface area contributed by atoms with Gasteiger partial charge in [0.2, 0.25) is 0 Å². The van der Waals surface area contributed by atoms with Crippen molar-refractivity contribution >= 4 is 32.4 Å². The molecular formula is C9H10IN. The molecule has 0 amide bonds. The van der Waals surface area contributed by atoms with E-state index in [1.807, 2.05) is 18.2 Å². The standard InChI is InChI=1S/C9H10IN/c1-7(10)9-5-3-2-4-8(9)6-11/h2-6H,11H2,1H3/b8-6-,9-7-. The largest absolute Gasteiger partial charge is 0.404 e. The number of hydrogen-bond donors (Lipinski definition) is 1. The van der Waals surface area contributed by atoms with Crippen molar-refractivity contribution in [2.45, 2.75) is 6.92 Å².